The number of methoxy groups -OCH3 is 1. The van der Waals surface area contributed by atoms with Gasteiger partial charge >= 0.3 is 0 Å². The third-order valence-electron chi connectivity index (χ3n) is 5.19. The maximum absolute atomic E-state index is 12.6. The number of carbonyl (C=O) groups excluding carboxylic acids is 1. The number of amides is 1. The molecule has 2 heterocycles. The lowest BCUT2D eigenvalue weighted by molar-refractivity contribution is -0.127. The summed E-state index contributed by atoms with van der Waals surface area (Å²) in [5.41, 5.74) is 1.94. The van der Waals surface area contributed by atoms with Gasteiger partial charge in [-0.1, -0.05) is 23.9 Å². The zero-order valence-corrected chi connectivity index (χ0v) is 20.0. The summed E-state index contributed by atoms with van der Waals surface area (Å²) in [6.07, 6.45) is 3.19. The van der Waals surface area contributed by atoms with Gasteiger partial charge in [0.1, 0.15) is 5.75 Å². The molecule has 1 aliphatic rings. The van der Waals surface area contributed by atoms with Crippen molar-refractivity contribution in [3.05, 3.63) is 48.5 Å². The number of nitrogens with zero attached hydrogens (tertiary/aromatic N) is 4. The van der Waals surface area contributed by atoms with Crippen LogP contribution in [0.1, 0.15) is 12.8 Å². The zero-order chi connectivity index (χ0) is 23.4. The molecule has 0 spiro atoms. The van der Waals surface area contributed by atoms with Crippen LogP contribution in [0.4, 0.5) is 5.69 Å². The summed E-state index contributed by atoms with van der Waals surface area (Å²) in [4.78, 5) is 14.5. The van der Waals surface area contributed by atoms with Gasteiger partial charge in [-0.15, -0.1) is 10.2 Å². The van der Waals surface area contributed by atoms with Crippen molar-refractivity contribution in [2.75, 3.05) is 36.9 Å². The second kappa shape index (κ2) is 9.84. The predicted molar refractivity (Wildman–Crippen MR) is 128 cm³/mol. The first-order chi connectivity index (χ1) is 15.9. The van der Waals surface area contributed by atoms with Gasteiger partial charge < -0.3 is 9.64 Å². The number of hydrogen-bond acceptors (Lipinski definition) is 7. The first-order valence-corrected chi connectivity index (χ1v) is 13.3. The second-order valence-corrected chi connectivity index (χ2v) is 10.3. The number of para-hydroxylation sites is 2. The van der Waals surface area contributed by atoms with E-state index in [0.29, 0.717) is 22.4 Å². The monoisotopic (exact) mass is 487 g/mol. The van der Waals surface area contributed by atoms with Gasteiger partial charge in [-0.2, -0.15) is 0 Å². The van der Waals surface area contributed by atoms with E-state index in [2.05, 4.69) is 14.9 Å². The molecule has 174 valence electrons. The molecule has 0 bridgehead atoms. The third-order valence-corrected chi connectivity index (χ3v) is 6.71. The van der Waals surface area contributed by atoms with Crippen LogP contribution < -0.4 is 9.46 Å². The summed E-state index contributed by atoms with van der Waals surface area (Å²) in [7, 11) is -1.78. The zero-order valence-electron chi connectivity index (χ0n) is 18.4. The number of anilines is 1. The molecule has 1 amide bonds. The Bertz CT molecular complexity index is 1240. The van der Waals surface area contributed by atoms with Gasteiger partial charge in [-0.05, 0) is 49.2 Å². The van der Waals surface area contributed by atoms with Gasteiger partial charge in [0.2, 0.25) is 15.9 Å². The SMILES string of the molecule is COc1ccccc1-n1c(SCC(=O)N2CCCC2)nnc1-c1ccc(NS(C)(=O)=O)cc1. The molecule has 9 nitrogen and oxygen atoms in total. The number of aromatic nitrogens is 3. The number of rotatable bonds is 8. The van der Waals surface area contributed by atoms with Crippen LogP contribution in [0.2, 0.25) is 0 Å². The molecule has 0 radical (unpaired) electrons. The molecular formula is C22H25N5O4S2. The number of carbonyl (C=O) groups is 1. The number of likely N-dealkylation sites (tertiary alicyclic amines) is 1. The smallest absolute Gasteiger partial charge is 0.233 e. The highest BCUT2D eigenvalue weighted by atomic mass is 32.2. The average Bonchev–Trinajstić information content (AvgIpc) is 3.47. The highest BCUT2D eigenvalue weighted by Crippen LogP contribution is 2.33. The van der Waals surface area contributed by atoms with Crippen LogP contribution >= 0.6 is 11.8 Å². The van der Waals surface area contributed by atoms with Crippen molar-refractivity contribution in [3.8, 4) is 22.8 Å². The molecule has 0 aliphatic carbocycles. The van der Waals surface area contributed by atoms with E-state index in [1.54, 1.807) is 31.4 Å². The number of sulfonamides is 1. The van der Waals surface area contributed by atoms with Gasteiger partial charge in [0.25, 0.3) is 0 Å². The average molecular weight is 488 g/mol. The van der Waals surface area contributed by atoms with Crippen LogP contribution in [0.15, 0.2) is 53.7 Å². The van der Waals surface area contributed by atoms with E-state index in [1.807, 2.05) is 33.7 Å². The van der Waals surface area contributed by atoms with Crippen LogP contribution in [-0.4, -0.2) is 66.2 Å². The highest BCUT2D eigenvalue weighted by Gasteiger charge is 2.22. The molecule has 1 N–H and O–H groups in total. The minimum absolute atomic E-state index is 0.0878. The number of nitrogens with one attached hydrogen (secondary N) is 1. The van der Waals surface area contributed by atoms with Crippen LogP contribution in [0, 0.1) is 0 Å². The number of ether oxygens (including phenoxy) is 1. The molecule has 3 aromatic rings. The van der Waals surface area contributed by atoms with Crippen LogP contribution in [0.5, 0.6) is 5.75 Å². The van der Waals surface area contributed by atoms with Crippen molar-refractivity contribution < 1.29 is 17.9 Å². The molecule has 1 saturated heterocycles. The lowest BCUT2D eigenvalue weighted by Crippen LogP contribution is -2.29. The van der Waals surface area contributed by atoms with E-state index in [0.717, 1.165) is 43.4 Å². The maximum atomic E-state index is 12.6. The third kappa shape index (κ3) is 5.48. The van der Waals surface area contributed by atoms with E-state index in [4.69, 9.17) is 4.74 Å². The molecule has 1 fully saturated rings. The fraction of sp³-hybridized carbons (Fsp3) is 0.318. The van der Waals surface area contributed by atoms with Gasteiger partial charge in [0, 0.05) is 24.3 Å². The molecule has 33 heavy (non-hydrogen) atoms. The Labute approximate surface area is 197 Å². The summed E-state index contributed by atoms with van der Waals surface area (Å²) >= 11 is 1.33. The maximum Gasteiger partial charge on any atom is 0.233 e. The molecule has 2 aromatic carbocycles. The Kier molecular flexibility index (Phi) is 6.89. The normalized spacial score (nSPS) is 13.8. The Balaban J connectivity index is 1.69. The molecular weight excluding hydrogens is 462 g/mol. The molecule has 0 atom stereocenters. The van der Waals surface area contributed by atoms with Crippen LogP contribution in [-0.2, 0) is 14.8 Å². The van der Waals surface area contributed by atoms with E-state index in [1.165, 1.54) is 11.8 Å². The molecule has 0 unspecified atom stereocenters. The summed E-state index contributed by atoms with van der Waals surface area (Å²) in [6, 6.07) is 14.4. The first-order valence-electron chi connectivity index (χ1n) is 10.4. The highest BCUT2D eigenvalue weighted by molar-refractivity contribution is 7.99. The molecule has 11 heteroatoms. The van der Waals surface area contributed by atoms with Crippen molar-refractivity contribution in [1.29, 1.82) is 0 Å². The van der Waals surface area contributed by atoms with Crippen molar-refractivity contribution in [3.63, 3.8) is 0 Å². The molecule has 0 saturated carbocycles. The lowest BCUT2D eigenvalue weighted by atomic mass is 10.2. The minimum Gasteiger partial charge on any atom is -0.495 e. The van der Waals surface area contributed by atoms with Crippen molar-refractivity contribution in [2.45, 2.75) is 18.0 Å². The first kappa shape index (κ1) is 23.1. The predicted octanol–water partition coefficient (Wildman–Crippen LogP) is 3.03. The van der Waals surface area contributed by atoms with E-state index in [9.17, 15) is 13.2 Å². The Morgan fingerprint density at radius 1 is 1.09 bits per heavy atom. The second-order valence-electron chi connectivity index (χ2n) is 7.64. The topological polar surface area (TPSA) is 106 Å². The van der Waals surface area contributed by atoms with E-state index >= 15 is 0 Å². The van der Waals surface area contributed by atoms with Crippen molar-refractivity contribution >= 4 is 33.4 Å². The van der Waals surface area contributed by atoms with Crippen LogP contribution in [0.25, 0.3) is 17.1 Å². The van der Waals surface area contributed by atoms with Crippen molar-refractivity contribution in [2.24, 2.45) is 0 Å². The molecule has 1 aliphatic heterocycles. The largest absolute Gasteiger partial charge is 0.495 e. The van der Waals surface area contributed by atoms with Gasteiger partial charge in [-0.3, -0.25) is 14.1 Å². The Morgan fingerprint density at radius 3 is 2.45 bits per heavy atom. The number of thioether (sulfide) groups is 1. The van der Waals surface area contributed by atoms with E-state index in [-0.39, 0.29) is 11.7 Å². The minimum atomic E-state index is -3.37. The fourth-order valence-corrected chi connectivity index (χ4v) is 5.08. The standard InChI is InChI=1S/C22H25N5O4S2/c1-31-19-8-4-3-7-18(19)27-21(16-9-11-17(12-10-16)25-33(2,29)30)23-24-22(27)32-15-20(28)26-13-5-6-14-26/h3-4,7-12,25H,5-6,13-15H2,1-2H3. The molecule has 1 aromatic heterocycles. The Hall–Kier alpha value is -3.05. The summed E-state index contributed by atoms with van der Waals surface area (Å²) in [5.74, 6) is 1.55. The lowest BCUT2D eigenvalue weighted by Gasteiger charge is -2.16. The van der Waals surface area contributed by atoms with Gasteiger partial charge in [-0.25, -0.2) is 8.42 Å². The number of hydrogen-bond donors (Lipinski definition) is 1. The fourth-order valence-electron chi connectivity index (χ4n) is 3.67. The molecule has 4 rings (SSSR count). The van der Waals surface area contributed by atoms with Crippen LogP contribution in [0.3, 0.4) is 0 Å². The summed E-state index contributed by atoms with van der Waals surface area (Å²) in [6.45, 7) is 1.61. The Morgan fingerprint density at radius 2 is 1.79 bits per heavy atom. The number of benzene rings is 2. The van der Waals surface area contributed by atoms with E-state index < -0.39 is 10.0 Å². The summed E-state index contributed by atoms with van der Waals surface area (Å²) in [5, 5.41) is 9.32. The van der Waals surface area contributed by atoms with Gasteiger partial charge in [0.15, 0.2) is 11.0 Å². The summed E-state index contributed by atoms with van der Waals surface area (Å²) < 4.78 is 32.9. The van der Waals surface area contributed by atoms with Crippen molar-refractivity contribution in [1.82, 2.24) is 19.7 Å². The quantitative estimate of drug-likeness (QED) is 0.487. The van der Waals surface area contributed by atoms with Gasteiger partial charge in [0.05, 0.1) is 24.8 Å².